The summed E-state index contributed by atoms with van der Waals surface area (Å²) in [4.78, 5) is 2.43. The topological polar surface area (TPSA) is 49.5 Å². The Morgan fingerprint density at radius 3 is 2.40 bits per heavy atom. The SMILES string of the molecule is CC(C)(CN)CN(CCO)C1CCCC1. The third-order valence-corrected chi connectivity index (χ3v) is 3.41. The Bertz CT molecular complexity index is 176. The fourth-order valence-electron chi connectivity index (χ4n) is 2.40. The molecule has 0 aliphatic heterocycles. The first-order chi connectivity index (χ1) is 7.09. The molecule has 0 radical (unpaired) electrons. The standard InChI is InChI=1S/C12H26N2O/c1-12(2,9-13)10-14(7-8-15)11-5-3-4-6-11/h11,15H,3-10,13H2,1-2H3. The van der Waals surface area contributed by atoms with Gasteiger partial charge in [0.15, 0.2) is 0 Å². The van der Waals surface area contributed by atoms with E-state index < -0.39 is 0 Å². The van der Waals surface area contributed by atoms with Gasteiger partial charge in [0.2, 0.25) is 0 Å². The summed E-state index contributed by atoms with van der Waals surface area (Å²) in [6.45, 7) is 7.18. The summed E-state index contributed by atoms with van der Waals surface area (Å²) in [5.74, 6) is 0. The van der Waals surface area contributed by atoms with E-state index in [2.05, 4.69) is 18.7 Å². The molecule has 15 heavy (non-hydrogen) atoms. The van der Waals surface area contributed by atoms with E-state index in [0.717, 1.165) is 13.1 Å². The lowest BCUT2D eigenvalue weighted by molar-refractivity contribution is 0.107. The van der Waals surface area contributed by atoms with Gasteiger partial charge >= 0.3 is 0 Å². The maximum absolute atomic E-state index is 9.09. The van der Waals surface area contributed by atoms with Crippen molar-refractivity contribution in [2.24, 2.45) is 11.1 Å². The highest BCUT2D eigenvalue weighted by atomic mass is 16.3. The van der Waals surface area contributed by atoms with Gasteiger partial charge in [-0.2, -0.15) is 0 Å². The Balaban J connectivity index is 2.49. The summed E-state index contributed by atoms with van der Waals surface area (Å²) in [5.41, 5.74) is 5.92. The van der Waals surface area contributed by atoms with Gasteiger partial charge in [-0.3, -0.25) is 4.90 Å². The Morgan fingerprint density at radius 2 is 1.93 bits per heavy atom. The highest BCUT2D eigenvalue weighted by Gasteiger charge is 2.27. The Kier molecular flexibility index (Phi) is 5.03. The lowest BCUT2D eigenvalue weighted by atomic mass is 9.92. The van der Waals surface area contributed by atoms with Crippen LogP contribution in [-0.4, -0.2) is 42.3 Å². The van der Waals surface area contributed by atoms with E-state index in [9.17, 15) is 0 Å². The normalized spacial score (nSPS) is 19.0. The van der Waals surface area contributed by atoms with Gasteiger partial charge in [0, 0.05) is 19.1 Å². The van der Waals surface area contributed by atoms with Crippen LogP contribution < -0.4 is 5.73 Å². The van der Waals surface area contributed by atoms with Crippen LogP contribution >= 0.6 is 0 Å². The molecule has 0 spiro atoms. The summed E-state index contributed by atoms with van der Waals surface area (Å²) in [5, 5.41) is 9.09. The smallest absolute Gasteiger partial charge is 0.0558 e. The van der Waals surface area contributed by atoms with E-state index in [1.807, 2.05) is 0 Å². The van der Waals surface area contributed by atoms with E-state index >= 15 is 0 Å². The van der Waals surface area contributed by atoms with E-state index in [1.54, 1.807) is 0 Å². The lowest BCUT2D eigenvalue weighted by Gasteiger charge is -2.35. The molecule has 1 aliphatic carbocycles. The van der Waals surface area contributed by atoms with Crippen molar-refractivity contribution >= 4 is 0 Å². The van der Waals surface area contributed by atoms with Crippen LogP contribution in [0.4, 0.5) is 0 Å². The molecule has 0 amide bonds. The summed E-state index contributed by atoms with van der Waals surface area (Å²) >= 11 is 0. The average Bonchev–Trinajstić information content (AvgIpc) is 2.70. The van der Waals surface area contributed by atoms with Gasteiger partial charge in [0.25, 0.3) is 0 Å². The number of hydrogen-bond acceptors (Lipinski definition) is 3. The van der Waals surface area contributed by atoms with Gasteiger partial charge in [-0.05, 0) is 24.8 Å². The molecule has 3 heteroatoms. The fraction of sp³-hybridized carbons (Fsp3) is 1.00. The highest BCUT2D eigenvalue weighted by molar-refractivity contribution is 4.82. The van der Waals surface area contributed by atoms with Gasteiger partial charge in [0.05, 0.1) is 6.61 Å². The van der Waals surface area contributed by atoms with Crippen molar-refractivity contribution in [1.82, 2.24) is 4.90 Å². The minimum absolute atomic E-state index is 0.164. The number of nitrogens with zero attached hydrogens (tertiary/aromatic N) is 1. The van der Waals surface area contributed by atoms with Gasteiger partial charge in [-0.1, -0.05) is 26.7 Å². The molecular weight excluding hydrogens is 188 g/mol. The zero-order chi connectivity index (χ0) is 11.3. The van der Waals surface area contributed by atoms with Crippen molar-refractivity contribution in [3.05, 3.63) is 0 Å². The molecule has 0 aromatic heterocycles. The minimum Gasteiger partial charge on any atom is -0.395 e. The first-order valence-electron chi connectivity index (χ1n) is 6.14. The van der Waals surface area contributed by atoms with Crippen molar-refractivity contribution in [3.63, 3.8) is 0 Å². The molecule has 3 nitrogen and oxygen atoms in total. The number of aliphatic hydroxyl groups excluding tert-OH is 1. The summed E-state index contributed by atoms with van der Waals surface area (Å²) in [6.07, 6.45) is 5.27. The quantitative estimate of drug-likeness (QED) is 0.698. The number of hydrogen-bond donors (Lipinski definition) is 2. The second-order valence-corrected chi connectivity index (χ2v) is 5.50. The maximum atomic E-state index is 9.09. The molecule has 0 heterocycles. The van der Waals surface area contributed by atoms with Crippen LogP contribution in [0.1, 0.15) is 39.5 Å². The summed E-state index contributed by atoms with van der Waals surface area (Å²) in [6, 6.07) is 0.683. The molecule has 1 fully saturated rings. The summed E-state index contributed by atoms with van der Waals surface area (Å²) in [7, 11) is 0. The Morgan fingerprint density at radius 1 is 1.33 bits per heavy atom. The second kappa shape index (κ2) is 5.83. The number of rotatable bonds is 6. The minimum atomic E-state index is 0.164. The van der Waals surface area contributed by atoms with E-state index in [-0.39, 0.29) is 12.0 Å². The Hall–Kier alpha value is -0.120. The third-order valence-electron chi connectivity index (χ3n) is 3.41. The van der Waals surface area contributed by atoms with Gasteiger partial charge in [-0.15, -0.1) is 0 Å². The van der Waals surface area contributed by atoms with Crippen molar-refractivity contribution in [1.29, 1.82) is 0 Å². The zero-order valence-electron chi connectivity index (χ0n) is 10.2. The highest BCUT2D eigenvalue weighted by Crippen LogP contribution is 2.26. The molecule has 0 aromatic rings. The first-order valence-corrected chi connectivity index (χ1v) is 6.14. The first kappa shape index (κ1) is 12.9. The maximum Gasteiger partial charge on any atom is 0.0558 e. The average molecular weight is 214 g/mol. The van der Waals surface area contributed by atoms with E-state index in [1.165, 1.54) is 25.7 Å². The van der Waals surface area contributed by atoms with Crippen LogP contribution in [0.5, 0.6) is 0 Å². The molecule has 0 aromatic carbocycles. The molecule has 90 valence electrons. The number of aliphatic hydroxyl groups is 1. The third kappa shape index (κ3) is 4.09. The van der Waals surface area contributed by atoms with Gasteiger partial charge < -0.3 is 10.8 Å². The van der Waals surface area contributed by atoms with Gasteiger partial charge in [0.1, 0.15) is 0 Å². The lowest BCUT2D eigenvalue weighted by Crippen LogP contribution is -2.44. The van der Waals surface area contributed by atoms with Crippen LogP contribution in [0.2, 0.25) is 0 Å². The molecule has 0 unspecified atom stereocenters. The fourth-order valence-corrected chi connectivity index (χ4v) is 2.40. The molecule has 1 aliphatic rings. The predicted octanol–water partition coefficient (Wildman–Crippen LogP) is 1.21. The van der Waals surface area contributed by atoms with Crippen LogP contribution in [0.3, 0.4) is 0 Å². The Labute approximate surface area is 93.6 Å². The molecule has 0 atom stereocenters. The van der Waals surface area contributed by atoms with E-state index in [4.69, 9.17) is 10.8 Å². The molecule has 1 rings (SSSR count). The summed E-state index contributed by atoms with van der Waals surface area (Å²) < 4.78 is 0. The van der Waals surface area contributed by atoms with Crippen molar-refractivity contribution in [3.8, 4) is 0 Å². The van der Waals surface area contributed by atoms with Crippen LogP contribution in [0, 0.1) is 5.41 Å². The number of nitrogens with two attached hydrogens (primary N) is 1. The van der Waals surface area contributed by atoms with Crippen molar-refractivity contribution in [2.45, 2.75) is 45.6 Å². The monoisotopic (exact) mass is 214 g/mol. The van der Waals surface area contributed by atoms with Crippen LogP contribution in [0.25, 0.3) is 0 Å². The molecule has 0 saturated heterocycles. The van der Waals surface area contributed by atoms with Crippen LogP contribution in [-0.2, 0) is 0 Å². The predicted molar refractivity (Wildman–Crippen MR) is 63.8 cm³/mol. The van der Waals surface area contributed by atoms with Gasteiger partial charge in [-0.25, -0.2) is 0 Å². The molecule has 0 bridgehead atoms. The van der Waals surface area contributed by atoms with Crippen LogP contribution in [0.15, 0.2) is 0 Å². The van der Waals surface area contributed by atoms with E-state index in [0.29, 0.717) is 12.6 Å². The van der Waals surface area contributed by atoms with Crippen molar-refractivity contribution < 1.29 is 5.11 Å². The molecule has 3 N–H and O–H groups in total. The second-order valence-electron chi connectivity index (χ2n) is 5.50. The largest absolute Gasteiger partial charge is 0.395 e. The molecular formula is C12H26N2O. The van der Waals surface area contributed by atoms with Crippen molar-refractivity contribution in [2.75, 3.05) is 26.2 Å². The molecule has 1 saturated carbocycles. The zero-order valence-corrected chi connectivity index (χ0v) is 10.2.